The number of benzene rings is 1. The minimum atomic E-state index is -0.223. The van der Waals surface area contributed by atoms with Crippen LogP contribution in [0.5, 0.6) is 5.75 Å². The Morgan fingerprint density at radius 3 is 2.55 bits per heavy atom. The van der Waals surface area contributed by atoms with Gasteiger partial charge in [0.2, 0.25) is 12.5 Å². The van der Waals surface area contributed by atoms with E-state index in [4.69, 9.17) is 4.74 Å². The molecule has 0 bridgehead atoms. The number of aryl methyl sites for hydroxylation is 1. The number of carbonyl (C=O) groups is 1. The zero-order valence-corrected chi connectivity index (χ0v) is 18.9. The van der Waals surface area contributed by atoms with Gasteiger partial charge in [-0.2, -0.15) is 0 Å². The molecule has 2 aliphatic rings. The third kappa shape index (κ3) is 6.44. The Morgan fingerprint density at radius 2 is 1.93 bits per heavy atom. The molecule has 4 atom stereocenters. The van der Waals surface area contributed by atoms with Crippen LogP contribution in [0.1, 0.15) is 59.4 Å². The van der Waals surface area contributed by atoms with E-state index in [0.29, 0.717) is 12.3 Å². The lowest BCUT2D eigenvalue weighted by Gasteiger charge is -2.24. The zero-order valence-electron chi connectivity index (χ0n) is 18.9. The van der Waals surface area contributed by atoms with Crippen LogP contribution in [0.2, 0.25) is 0 Å². The van der Waals surface area contributed by atoms with Crippen LogP contribution in [0.4, 0.5) is 0 Å². The molecule has 3 unspecified atom stereocenters. The van der Waals surface area contributed by atoms with E-state index in [2.05, 4.69) is 13.0 Å². The van der Waals surface area contributed by atoms with E-state index in [-0.39, 0.29) is 35.3 Å². The maximum Gasteiger partial charge on any atom is 0.223 e. The molecule has 0 spiro atoms. The molecule has 2 fully saturated rings. The molecular weight excluding hydrogens is 368 g/mol. The number of ether oxygens (including phenoxy) is 1. The maximum absolute atomic E-state index is 12.4. The van der Waals surface area contributed by atoms with Crippen molar-refractivity contribution in [2.24, 2.45) is 17.8 Å². The summed E-state index contributed by atoms with van der Waals surface area (Å²) < 4.78 is 5.24. The van der Waals surface area contributed by atoms with Crippen molar-refractivity contribution in [3.05, 3.63) is 39.9 Å². The van der Waals surface area contributed by atoms with Crippen LogP contribution in [0.25, 0.3) is 0 Å². The molecule has 3 rings (SSSR count). The van der Waals surface area contributed by atoms with Crippen molar-refractivity contribution in [3.63, 3.8) is 0 Å². The summed E-state index contributed by atoms with van der Waals surface area (Å²) in [6.45, 7) is 10.8. The molecule has 0 aromatic heterocycles. The number of carbonyl (C=O) groups excluding carboxylic acids is 1. The fraction of sp³-hybridized carbons (Fsp3) is 0.696. The second kappa shape index (κ2) is 12.5. The SMILES string of the molecule is CC.CC.COc1cccc(CCCN2C(=O)CC3C2CC(C)[C@H]3C[N+](=O)[O-])c1. The van der Waals surface area contributed by atoms with Crippen LogP contribution < -0.4 is 4.74 Å². The number of amides is 1. The molecule has 0 radical (unpaired) electrons. The van der Waals surface area contributed by atoms with Gasteiger partial charge in [0.1, 0.15) is 5.75 Å². The van der Waals surface area contributed by atoms with E-state index in [9.17, 15) is 14.9 Å². The molecule has 29 heavy (non-hydrogen) atoms. The summed E-state index contributed by atoms with van der Waals surface area (Å²) in [7, 11) is 1.66. The van der Waals surface area contributed by atoms with Crippen LogP contribution in [0.15, 0.2) is 24.3 Å². The second-order valence-electron chi connectivity index (χ2n) is 7.37. The number of hydrogen-bond acceptors (Lipinski definition) is 4. The first kappa shape index (κ1) is 24.9. The van der Waals surface area contributed by atoms with E-state index >= 15 is 0 Å². The average molecular weight is 407 g/mol. The first-order valence-electron chi connectivity index (χ1n) is 11.0. The predicted octanol–water partition coefficient (Wildman–Crippen LogP) is 4.83. The summed E-state index contributed by atoms with van der Waals surface area (Å²) in [5.74, 6) is 1.52. The van der Waals surface area contributed by atoms with Crippen molar-refractivity contribution in [2.45, 2.75) is 66.3 Å². The minimum absolute atomic E-state index is 0.00668. The lowest BCUT2D eigenvalue weighted by atomic mass is 9.89. The van der Waals surface area contributed by atoms with Crippen molar-refractivity contribution in [2.75, 3.05) is 20.2 Å². The lowest BCUT2D eigenvalue weighted by Crippen LogP contribution is -2.34. The lowest BCUT2D eigenvalue weighted by molar-refractivity contribution is -0.490. The Morgan fingerprint density at radius 1 is 1.24 bits per heavy atom. The largest absolute Gasteiger partial charge is 0.497 e. The van der Waals surface area contributed by atoms with E-state index in [1.54, 1.807) is 7.11 Å². The van der Waals surface area contributed by atoms with Gasteiger partial charge in [0.05, 0.1) is 7.11 Å². The molecule has 1 aliphatic heterocycles. The molecule has 1 saturated carbocycles. The Kier molecular flexibility index (Phi) is 10.7. The molecule has 1 aromatic carbocycles. The van der Waals surface area contributed by atoms with Crippen LogP contribution >= 0.6 is 0 Å². The van der Waals surface area contributed by atoms with Crippen molar-refractivity contribution >= 4 is 5.91 Å². The van der Waals surface area contributed by atoms with Gasteiger partial charge >= 0.3 is 0 Å². The smallest absolute Gasteiger partial charge is 0.223 e. The van der Waals surface area contributed by atoms with Crippen molar-refractivity contribution in [1.29, 1.82) is 0 Å². The van der Waals surface area contributed by atoms with Gasteiger partial charge in [0, 0.05) is 29.8 Å². The fourth-order valence-corrected chi connectivity index (χ4v) is 4.65. The molecule has 164 valence electrons. The number of fused-ring (bicyclic) bond motifs is 1. The summed E-state index contributed by atoms with van der Waals surface area (Å²) in [6.07, 6.45) is 3.17. The van der Waals surface area contributed by atoms with Crippen LogP contribution in [-0.2, 0) is 11.2 Å². The number of nitrogens with zero attached hydrogens (tertiary/aromatic N) is 2. The Balaban J connectivity index is 0.000000989. The molecule has 1 saturated heterocycles. The highest BCUT2D eigenvalue weighted by Gasteiger charge is 2.51. The van der Waals surface area contributed by atoms with Crippen LogP contribution in [0, 0.1) is 27.9 Å². The van der Waals surface area contributed by atoms with Crippen molar-refractivity contribution in [3.8, 4) is 5.75 Å². The second-order valence-corrected chi connectivity index (χ2v) is 7.37. The van der Waals surface area contributed by atoms with Crippen molar-refractivity contribution in [1.82, 2.24) is 4.90 Å². The molecule has 6 heteroatoms. The number of rotatable bonds is 7. The Bertz CT molecular complexity index is 650. The van der Waals surface area contributed by atoms with Gasteiger partial charge in [-0.15, -0.1) is 0 Å². The van der Waals surface area contributed by atoms with Crippen LogP contribution in [0.3, 0.4) is 0 Å². The normalized spacial score (nSPS) is 24.8. The molecular formula is C23H38N2O4. The predicted molar refractivity (Wildman–Crippen MR) is 117 cm³/mol. The van der Waals surface area contributed by atoms with Gasteiger partial charge in [0.25, 0.3) is 0 Å². The van der Waals surface area contributed by atoms with Gasteiger partial charge in [-0.3, -0.25) is 14.9 Å². The van der Waals surface area contributed by atoms with E-state index < -0.39 is 0 Å². The van der Waals surface area contributed by atoms with Crippen LogP contribution in [-0.4, -0.2) is 42.0 Å². The third-order valence-corrected chi connectivity index (χ3v) is 5.88. The molecule has 1 heterocycles. The number of methoxy groups -OCH3 is 1. The summed E-state index contributed by atoms with van der Waals surface area (Å²) in [5.41, 5.74) is 1.20. The topological polar surface area (TPSA) is 72.7 Å². The third-order valence-electron chi connectivity index (χ3n) is 5.88. The van der Waals surface area contributed by atoms with E-state index in [1.165, 1.54) is 5.56 Å². The summed E-state index contributed by atoms with van der Waals surface area (Å²) in [6, 6.07) is 8.19. The first-order valence-corrected chi connectivity index (χ1v) is 11.0. The minimum Gasteiger partial charge on any atom is -0.497 e. The average Bonchev–Trinajstić information content (AvgIpc) is 3.19. The Labute approximate surface area is 175 Å². The molecule has 6 nitrogen and oxygen atoms in total. The summed E-state index contributed by atoms with van der Waals surface area (Å²) >= 11 is 0. The monoisotopic (exact) mass is 406 g/mol. The van der Waals surface area contributed by atoms with E-state index in [1.807, 2.05) is 50.8 Å². The molecule has 1 aromatic rings. The van der Waals surface area contributed by atoms with Gasteiger partial charge in [-0.1, -0.05) is 46.8 Å². The highest BCUT2D eigenvalue weighted by atomic mass is 16.6. The van der Waals surface area contributed by atoms with Gasteiger partial charge in [-0.25, -0.2) is 0 Å². The van der Waals surface area contributed by atoms with E-state index in [0.717, 1.165) is 31.6 Å². The summed E-state index contributed by atoms with van der Waals surface area (Å²) in [5, 5.41) is 10.9. The highest BCUT2D eigenvalue weighted by molar-refractivity contribution is 5.79. The number of nitro groups is 1. The Hall–Kier alpha value is -2.11. The maximum atomic E-state index is 12.4. The zero-order chi connectivity index (χ0) is 22.0. The molecule has 1 amide bonds. The first-order chi connectivity index (χ1) is 14.0. The van der Waals surface area contributed by atoms with Crippen molar-refractivity contribution < 1.29 is 14.5 Å². The quantitative estimate of drug-likeness (QED) is 0.480. The van der Waals surface area contributed by atoms with Gasteiger partial charge < -0.3 is 9.64 Å². The highest BCUT2D eigenvalue weighted by Crippen LogP contribution is 2.46. The molecule has 0 N–H and O–H groups in total. The number of hydrogen-bond donors (Lipinski definition) is 0. The number of likely N-dealkylation sites (tertiary alicyclic amines) is 1. The van der Waals surface area contributed by atoms with Gasteiger partial charge in [0.15, 0.2) is 0 Å². The summed E-state index contributed by atoms with van der Waals surface area (Å²) in [4.78, 5) is 25.1. The van der Waals surface area contributed by atoms with Gasteiger partial charge in [-0.05, 0) is 48.8 Å². The molecule has 1 aliphatic carbocycles. The standard InChI is InChI=1S/C19H26N2O4.2C2H6/c1-13-9-18-16(17(13)12-21(23)24)11-19(22)20(18)8-4-6-14-5-3-7-15(10-14)25-2;2*1-2/h3,5,7,10,13,16-18H,4,6,8-9,11-12H2,1-2H3;2*1-2H3/t13?,16?,17-,18?;;/m1../s1. The fourth-order valence-electron chi connectivity index (χ4n) is 4.65.